The van der Waals surface area contributed by atoms with E-state index < -0.39 is 11.8 Å². The molecule has 4 heteroatoms. The van der Waals surface area contributed by atoms with Gasteiger partial charge in [-0.1, -0.05) is 37.3 Å². The van der Waals surface area contributed by atoms with Crippen LogP contribution in [0.1, 0.15) is 97.8 Å². The van der Waals surface area contributed by atoms with Gasteiger partial charge in [-0.25, -0.2) is 4.79 Å². The van der Waals surface area contributed by atoms with E-state index in [0.717, 1.165) is 32.1 Å². The topological polar surface area (TPSA) is 60.4 Å². The molecule has 0 aromatic heterocycles. The van der Waals surface area contributed by atoms with Gasteiger partial charge in [-0.3, -0.25) is 9.59 Å². The first kappa shape index (κ1) is 23.6. The quantitative estimate of drug-likeness (QED) is 0.171. The highest BCUT2D eigenvalue weighted by Crippen LogP contribution is 2.36. The predicted molar refractivity (Wildman–Crippen MR) is 108 cm³/mol. The van der Waals surface area contributed by atoms with Crippen LogP contribution >= 0.6 is 0 Å². The lowest BCUT2D eigenvalue weighted by Gasteiger charge is -2.18. The number of esters is 1. The predicted octanol–water partition coefficient (Wildman–Crippen LogP) is 5.58. The molecule has 1 fully saturated rings. The van der Waals surface area contributed by atoms with Gasteiger partial charge in [0, 0.05) is 18.8 Å². The number of hydrogen-bond acceptors (Lipinski definition) is 4. The van der Waals surface area contributed by atoms with Crippen molar-refractivity contribution in [3.63, 3.8) is 0 Å². The number of unbranched alkanes of at least 4 members (excludes halogenated alkanes) is 5. The number of allylic oxidation sites excluding steroid dienone is 2. The number of hydrogen-bond donors (Lipinski definition) is 0. The third kappa shape index (κ3) is 9.88. The molecule has 154 valence electrons. The fourth-order valence-corrected chi connectivity index (χ4v) is 3.98. The molecule has 0 aromatic carbocycles. The van der Waals surface area contributed by atoms with Gasteiger partial charge in [0.1, 0.15) is 5.78 Å². The van der Waals surface area contributed by atoms with E-state index in [-0.39, 0.29) is 18.9 Å². The number of rotatable bonds is 14. The van der Waals surface area contributed by atoms with Gasteiger partial charge < -0.3 is 4.74 Å². The number of ketones is 2. The van der Waals surface area contributed by atoms with Crippen molar-refractivity contribution in [2.75, 3.05) is 6.61 Å². The van der Waals surface area contributed by atoms with Crippen LogP contribution in [0.25, 0.3) is 0 Å². The van der Waals surface area contributed by atoms with Crippen LogP contribution in [0.15, 0.2) is 11.6 Å². The highest BCUT2D eigenvalue weighted by molar-refractivity contribution is 6.33. The molecule has 0 aliphatic heterocycles. The summed E-state index contributed by atoms with van der Waals surface area (Å²) in [5.74, 6) is 0.0747. The lowest BCUT2D eigenvalue weighted by molar-refractivity contribution is -0.153. The summed E-state index contributed by atoms with van der Waals surface area (Å²) in [6, 6.07) is 0. The molecule has 4 nitrogen and oxygen atoms in total. The Bertz CT molecular complexity index is 503. The van der Waals surface area contributed by atoms with E-state index in [0.29, 0.717) is 18.1 Å². The summed E-state index contributed by atoms with van der Waals surface area (Å²) in [5.41, 5.74) is 1.39. The third-order valence-corrected chi connectivity index (χ3v) is 5.50. The lowest BCUT2D eigenvalue weighted by Crippen LogP contribution is -2.17. The second-order valence-electron chi connectivity index (χ2n) is 8.03. The fourth-order valence-electron chi connectivity index (χ4n) is 3.98. The first-order valence-corrected chi connectivity index (χ1v) is 10.8. The second kappa shape index (κ2) is 13.7. The zero-order chi connectivity index (χ0) is 20.1. The maximum atomic E-state index is 12.2. The van der Waals surface area contributed by atoms with E-state index in [9.17, 15) is 14.4 Å². The smallest absolute Gasteiger partial charge is 0.374 e. The van der Waals surface area contributed by atoms with Crippen molar-refractivity contribution in [1.82, 2.24) is 0 Å². The van der Waals surface area contributed by atoms with Gasteiger partial charge in [0.05, 0.1) is 6.61 Å². The van der Waals surface area contributed by atoms with E-state index in [2.05, 4.69) is 19.9 Å². The van der Waals surface area contributed by atoms with Crippen LogP contribution in [0.3, 0.4) is 0 Å². The molecule has 27 heavy (non-hydrogen) atoms. The minimum absolute atomic E-state index is 0.226. The van der Waals surface area contributed by atoms with Crippen molar-refractivity contribution in [2.45, 2.75) is 97.8 Å². The maximum Gasteiger partial charge on any atom is 0.374 e. The van der Waals surface area contributed by atoms with Gasteiger partial charge in [-0.05, 0) is 65.2 Å². The van der Waals surface area contributed by atoms with Gasteiger partial charge in [-0.15, -0.1) is 0 Å². The van der Waals surface area contributed by atoms with E-state index in [1.165, 1.54) is 37.7 Å². The zero-order valence-corrected chi connectivity index (χ0v) is 17.6. The molecular weight excluding hydrogens is 340 g/mol. The molecule has 2 atom stereocenters. The van der Waals surface area contributed by atoms with Gasteiger partial charge in [0.15, 0.2) is 0 Å². The molecule has 0 heterocycles. The summed E-state index contributed by atoms with van der Waals surface area (Å²) in [6.07, 6.45) is 13.9. The Kier molecular flexibility index (Phi) is 12.0. The molecule has 0 unspecified atom stereocenters. The Morgan fingerprint density at radius 2 is 1.74 bits per heavy atom. The van der Waals surface area contributed by atoms with Crippen LogP contribution in [0.2, 0.25) is 0 Å². The minimum atomic E-state index is -0.715. The van der Waals surface area contributed by atoms with Gasteiger partial charge in [-0.2, -0.15) is 0 Å². The first-order valence-electron chi connectivity index (χ1n) is 10.8. The Balaban J connectivity index is 2.18. The normalized spacial score (nSPS) is 19.1. The summed E-state index contributed by atoms with van der Waals surface area (Å²) >= 11 is 0. The van der Waals surface area contributed by atoms with Crippen molar-refractivity contribution in [3.05, 3.63) is 11.6 Å². The van der Waals surface area contributed by atoms with E-state index in [1.54, 1.807) is 6.92 Å². The van der Waals surface area contributed by atoms with Crippen molar-refractivity contribution >= 4 is 17.5 Å². The molecule has 1 aliphatic rings. The summed E-state index contributed by atoms with van der Waals surface area (Å²) in [5, 5.41) is 0. The van der Waals surface area contributed by atoms with Crippen LogP contribution < -0.4 is 0 Å². The van der Waals surface area contributed by atoms with Crippen molar-refractivity contribution in [3.8, 4) is 0 Å². The summed E-state index contributed by atoms with van der Waals surface area (Å²) in [6.45, 7) is 6.22. The second-order valence-corrected chi connectivity index (χ2v) is 8.03. The highest BCUT2D eigenvalue weighted by atomic mass is 16.5. The summed E-state index contributed by atoms with van der Waals surface area (Å²) in [7, 11) is 0. The molecule has 0 N–H and O–H groups in total. The number of carbonyl (C=O) groups excluding carboxylic acids is 3. The standard InChI is InChI=1S/C23H38O4/c1-4-27-23(26)22(25)15-11-7-10-14-20-19(16-17-21(20)24)13-9-6-5-8-12-18(2)3/h12,19-20H,4-11,13-17H2,1-3H3/t19-,20+/m0/s1. The van der Waals surface area contributed by atoms with Crippen LogP contribution in [0.5, 0.6) is 0 Å². The largest absolute Gasteiger partial charge is 0.460 e. The van der Waals surface area contributed by atoms with Crippen LogP contribution in [0, 0.1) is 11.8 Å². The molecule has 0 saturated heterocycles. The molecule has 0 spiro atoms. The van der Waals surface area contributed by atoms with Crippen LogP contribution in [-0.2, 0) is 19.1 Å². The SMILES string of the molecule is CCOC(=O)C(=O)CCCCC[C@H]1C(=O)CC[C@@H]1CCCCCC=C(C)C. The zero-order valence-electron chi connectivity index (χ0n) is 17.6. The van der Waals surface area contributed by atoms with Gasteiger partial charge in [0.2, 0.25) is 5.78 Å². The van der Waals surface area contributed by atoms with Gasteiger partial charge >= 0.3 is 5.97 Å². The van der Waals surface area contributed by atoms with Crippen LogP contribution in [0.4, 0.5) is 0 Å². The van der Waals surface area contributed by atoms with Crippen molar-refractivity contribution < 1.29 is 19.1 Å². The summed E-state index contributed by atoms with van der Waals surface area (Å²) in [4.78, 5) is 35.0. The van der Waals surface area contributed by atoms with E-state index >= 15 is 0 Å². The number of Topliss-reactive ketones (excluding diaryl/α,β-unsaturated/α-hetero) is 2. The highest BCUT2D eigenvalue weighted by Gasteiger charge is 2.33. The molecule has 1 rings (SSSR count). The molecule has 0 radical (unpaired) electrons. The summed E-state index contributed by atoms with van der Waals surface area (Å²) < 4.78 is 4.71. The van der Waals surface area contributed by atoms with Crippen molar-refractivity contribution in [2.24, 2.45) is 11.8 Å². The Hall–Kier alpha value is -1.45. The average molecular weight is 379 g/mol. The van der Waals surface area contributed by atoms with Crippen molar-refractivity contribution in [1.29, 1.82) is 0 Å². The molecule has 0 bridgehead atoms. The average Bonchev–Trinajstić information content (AvgIpc) is 2.97. The molecule has 1 aliphatic carbocycles. The Morgan fingerprint density at radius 1 is 1.04 bits per heavy atom. The van der Waals surface area contributed by atoms with Crippen LogP contribution in [-0.4, -0.2) is 24.1 Å². The number of carbonyl (C=O) groups is 3. The first-order chi connectivity index (χ1) is 13.0. The third-order valence-electron chi connectivity index (χ3n) is 5.50. The number of ether oxygens (including phenoxy) is 1. The minimum Gasteiger partial charge on any atom is -0.460 e. The molecular formula is C23H38O4. The van der Waals surface area contributed by atoms with Gasteiger partial charge in [0.25, 0.3) is 0 Å². The fraction of sp³-hybridized carbons (Fsp3) is 0.783. The Morgan fingerprint density at radius 3 is 2.44 bits per heavy atom. The van der Waals surface area contributed by atoms with E-state index in [4.69, 9.17) is 4.74 Å². The Labute approximate surface area is 165 Å². The molecule has 1 saturated carbocycles. The molecule has 0 aromatic rings. The maximum absolute atomic E-state index is 12.2. The lowest BCUT2D eigenvalue weighted by atomic mass is 9.86. The molecule has 0 amide bonds. The monoisotopic (exact) mass is 378 g/mol. The van der Waals surface area contributed by atoms with E-state index in [1.807, 2.05) is 0 Å².